The van der Waals surface area contributed by atoms with Crippen LogP contribution in [0.3, 0.4) is 0 Å². The zero-order valence-electron chi connectivity index (χ0n) is 10.8. The number of aromatic nitrogens is 1. The van der Waals surface area contributed by atoms with Gasteiger partial charge in [0.2, 0.25) is 0 Å². The summed E-state index contributed by atoms with van der Waals surface area (Å²) < 4.78 is 5.19. The Kier molecular flexibility index (Phi) is 4.08. The van der Waals surface area contributed by atoms with Crippen LogP contribution in [0.1, 0.15) is 31.4 Å². The van der Waals surface area contributed by atoms with Crippen molar-refractivity contribution in [2.45, 2.75) is 42.4 Å². The van der Waals surface area contributed by atoms with Crippen molar-refractivity contribution in [2.75, 3.05) is 5.32 Å². The molecular weight excluding hydrogens is 256 g/mol. The Morgan fingerprint density at radius 1 is 1.21 bits per heavy atom. The number of oxazole rings is 1. The molecule has 1 aromatic carbocycles. The van der Waals surface area contributed by atoms with Crippen molar-refractivity contribution in [2.24, 2.45) is 0 Å². The number of hydrogen-bond donors (Lipinski definition) is 1. The lowest BCUT2D eigenvalue weighted by molar-refractivity contribution is 0.512. The number of rotatable bonds is 5. The molecule has 0 atom stereocenters. The van der Waals surface area contributed by atoms with Gasteiger partial charge in [0.25, 0.3) is 0 Å². The molecular formula is C15H18N2OS. The van der Waals surface area contributed by atoms with E-state index in [4.69, 9.17) is 4.42 Å². The summed E-state index contributed by atoms with van der Waals surface area (Å²) in [7, 11) is 0. The highest BCUT2D eigenvalue weighted by Crippen LogP contribution is 2.34. The SMILES string of the molecule is c1ncc(CNc2ccc(SC3CCCC3)cc2)o1. The predicted molar refractivity (Wildman–Crippen MR) is 78.4 cm³/mol. The topological polar surface area (TPSA) is 38.1 Å². The molecule has 0 aliphatic heterocycles. The van der Waals surface area contributed by atoms with Crippen LogP contribution in [-0.4, -0.2) is 10.2 Å². The molecule has 1 aliphatic carbocycles. The minimum absolute atomic E-state index is 0.676. The lowest BCUT2D eigenvalue weighted by Gasteiger charge is -2.09. The van der Waals surface area contributed by atoms with Crippen molar-refractivity contribution in [3.05, 3.63) is 42.6 Å². The molecule has 0 spiro atoms. The van der Waals surface area contributed by atoms with Crippen LogP contribution in [0.5, 0.6) is 0 Å². The number of thioether (sulfide) groups is 1. The van der Waals surface area contributed by atoms with Gasteiger partial charge in [0, 0.05) is 15.8 Å². The van der Waals surface area contributed by atoms with Crippen LogP contribution in [0.15, 0.2) is 46.2 Å². The van der Waals surface area contributed by atoms with Gasteiger partial charge in [-0.1, -0.05) is 12.8 Å². The third kappa shape index (κ3) is 3.53. The Morgan fingerprint density at radius 2 is 2.00 bits per heavy atom. The van der Waals surface area contributed by atoms with Crippen molar-refractivity contribution in [3.8, 4) is 0 Å². The normalized spacial score (nSPS) is 15.8. The highest BCUT2D eigenvalue weighted by Gasteiger charge is 2.15. The summed E-state index contributed by atoms with van der Waals surface area (Å²) in [5.74, 6) is 0.851. The van der Waals surface area contributed by atoms with Crippen LogP contribution >= 0.6 is 11.8 Å². The number of anilines is 1. The number of nitrogens with one attached hydrogen (secondary N) is 1. The van der Waals surface area contributed by atoms with E-state index in [1.165, 1.54) is 37.0 Å². The average Bonchev–Trinajstić information content (AvgIpc) is 3.11. The summed E-state index contributed by atoms with van der Waals surface area (Å²) in [5, 5.41) is 4.15. The standard InChI is InChI=1S/C15H18N2OS/c1-2-4-14(3-1)19-15-7-5-12(6-8-15)17-10-13-9-16-11-18-13/h5-9,11,14,17H,1-4,10H2. The van der Waals surface area contributed by atoms with Crippen LogP contribution in [-0.2, 0) is 6.54 Å². The van der Waals surface area contributed by atoms with E-state index in [0.717, 1.165) is 16.7 Å². The van der Waals surface area contributed by atoms with E-state index in [-0.39, 0.29) is 0 Å². The van der Waals surface area contributed by atoms with Crippen LogP contribution in [0.4, 0.5) is 5.69 Å². The second kappa shape index (κ2) is 6.15. The first-order valence-electron chi connectivity index (χ1n) is 6.78. The molecule has 4 heteroatoms. The van der Waals surface area contributed by atoms with Gasteiger partial charge in [0.1, 0.15) is 5.76 Å². The molecule has 0 amide bonds. The van der Waals surface area contributed by atoms with E-state index in [1.807, 2.05) is 11.8 Å². The Balaban J connectivity index is 1.53. The van der Waals surface area contributed by atoms with Gasteiger partial charge in [-0.3, -0.25) is 0 Å². The molecule has 0 saturated heterocycles. The van der Waals surface area contributed by atoms with Crippen LogP contribution in [0.2, 0.25) is 0 Å². The van der Waals surface area contributed by atoms with Crippen LogP contribution in [0, 0.1) is 0 Å². The predicted octanol–water partition coefficient (Wildman–Crippen LogP) is 4.32. The minimum atomic E-state index is 0.676. The van der Waals surface area contributed by atoms with Gasteiger partial charge in [-0.25, -0.2) is 4.98 Å². The zero-order valence-corrected chi connectivity index (χ0v) is 11.7. The molecule has 3 rings (SSSR count). The molecule has 100 valence electrons. The molecule has 2 aromatic rings. The summed E-state index contributed by atoms with van der Waals surface area (Å²) in [5.41, 5.74) is 1.12. The first-order chi connectivity index (χ1) is 9.40. The molecule has 1 aromatic heterocycles. The Morgan fingerprint density at radius 3 is 2.68 bits per heavy atom. The lowest BCUT2D eigenvalue weighted by atomic mass is 10.3. The van der Waals surface area contributed by atoms with Crippen molar-refractivity contribution in [3.63, 3.8) is 0 Å². The highest BCUT2D eigenvalue weighted by atomic mass is 32.2. The maximum atomic E-state index is 5.19. The molecule has 3 nitrogen and oxygen atoms in total. The molecule has 1 heterocycles. The van der Waals surface area contributed by atoms with E-state index < -0.39 is 0 Å². The van der Waals surface area contributed by atoms with Crippen molar-refractivity contribution >= 4 is 17.4 Å². The molecule has 0 radical (unpaired) electrons. The maximum Gasteiger partial charge on any atom is 0.180 e. The molecule has 0 bridgehead atoms. The van der Waals surface area contributed by atoms with E-state index in [0.29, 0.717) is 6.54 Å². The Hall–Kier alpha value is -1.42. The highest BCUT2D eigenvalue weighted by molar-refractivity contribution is 8.00. The van der Waals surface area contributed by atoms with E-state index >= 15 is 0 Å². The van der Waals surface area contributed by atoms with Crippen LogP contribution in [0.25, 0.3) is 0 Å². The van der Waals surface area contributed by atoms with E-state index in [2.05, 4.69) is 34.6 Å². The second-order valence-corrected chi connectivity index (χ2v) is 6.24. The zero-order chi connectivity index (χ0) is 12.9. The smallest absolute Gasteiger partial charge is 0.180 e. The van der Waals surface area contributed by atoms with Gasteiger partial charge in [0.15, 0.2) is 6.39 Å². The third-order valence-corrected chi connectivity index (χ3v) is 4.76. The fraction of sp³-hybridized carbons (Fsp3) is 0.400. The van der Waals surface area contributed by atoms with Gasteiger partial charge >= 0.3 is 0 Å². The summed E-state index contributed by atoms with van der Waals surface area (Å²) in [4.78, 5) is 5.27. The first kappa shape index (κ1) is 12.6. The average molecular weight is 274 g/mol. The molecule has 1 fully saturated rings. The molecule has 1 saturated carbocycles. The number of hydrogen-bond acceptors (Lipinski definition) is 4. The molecule has 19 heavy (non-hydrogen) atoms. The van der Waals surface area contributed by atoms with Crippen molar-refractivity contribution < 1.29 is 4.42 Å². The van der Waals surface area contributed by atoms with Gasteiger partial charge in [-0.15, -0.1) is 11.8 Å². The van der Waals surface area contributed by atoms with Crippen molar-refractivity contribution in [1.29, 1.82) is 0 Å². The van der Waals surface area contributed by atoms with E-state index in [1.54, 1.807) is 6.20 Å². The van der Waals surface area contributed by atoms with Crippen LogP contribution < -0.4 is 5.32 Å². The minimum Gasteiger partial charge on any atom is -0.447 e. The summed E-state index contributed by atoms with van der Waals surface area (Å²) in [6, 6.07) is 8.67. The first-order valence-corrected chi connectivity index (χ1v) is 7.66. The molecule has 1 N–H and O–H groups in total. The fourth-order valence-electron chi connectivity index (χ4n) is 2.37. The summed E-state index contributed by atoms with van der Waals surface area (Å²) in [6.45, 7) is 0.676. The monoisotopic (exact) mass is 274 g/mol. The van der Waals surface area contributed by atoms with E-state index in [9.17, 15) is 0 Å². The summed E-state index contributed by atoms with van der Waals surface area (Å²) >= 11 is 2.02. The maximum absolute atomic E-state index is 5.19. The number of benzene rings is 1. The van der Waals surface area contributed by atoms with Gasteiger partial charge in [-0.2, -0.15) is 0 Å². The van der Waals surface area contributed by atoms with Gasteiger partial charge < -0.3 is 9.73 Å². The lowest BCUT2D eigenvalue weighted by Crippen LogP contribution is -1.98. The van der Waals surface area contributed by atoms with Gasteiger partial charge in [-0.05, 0) is 37.1 Å². The fourth-order valence-corrected chi connectivity index (χ4v) is 3.62. The molecule has 0 unspecified atom stereocenters. The summed E-state index contributed by atoms with van der Waals surface area (Å²) in [6.07, 6.45) is 8.73. The number of nitrogens with zero attached hydrogens (tertiary/aromatic N) is 1. The largest absolute Gasteiger partial charge is 0.447 e. The second-order valence-electron chi connectivity index (χ2n) is 4.87. The van der Waals surface area contributed by atoms with Crippen molar-refractivity contribution in [1.82, 2.24) is 4.98 Å². The third-order valence-electron chi connectivity index (χ3n) is 3.41. The molecule has 1 aliphatic rings. The quantitative estimate of drug-likeness (QED) is 0.881. The van der Waals surface area contributed by atoms with Gasteiger partial charge in [0.05, 0.1) is 12.7 Å². The Labute approximate surface area is 117 Å². The Bertz CT molecular complexity index is 489.